The molecule has 4 heteroatoms. The quantitative estimate of drug-likeness (QED) is 0.476. The van der Waals surface area contributed by atoms with Gasteiger partial charge in [-0.3, -0.25) is 9.69 Å². The van der Waals surface area contributed by atoms with Crippen LogP contribution >= 0.6 is 0 Å². The van der Waals surface area contributed by atoms with Crippen molar-refractivity contribution < 1.29 is 14.3 Å². The average molecular weight is 311 g/mol. The molecule has 0 spiro atoms. The largest absolute Gasteiger partial charge is 0.459 e. The van der Waals surface area contributed by atoms with Crippen LogP contribution < -0.4 is 0 Å². The lowest BCUT2D eigenvalue weighted by Crippen LogP contribution is -2.47. The summed E-state index contributed by atoms with van der Waals surface area (Å²) in [6, 6.07) is 10.7. The Balaban J connectivity index is 1.84. The number of carbonyl (C=O) groups is 2. The zero-order valence-corrected chi connectivity index (χ0v) is 13.4. The van der Waals surface area contributed by atoms with Crippen molar-refractivity contribution in [1.29, 1.82) is 0 Å². The third-order valence-corrected chi connectivity index (χ3v) is 5.14. The topological polar surface area (TPSA) is 46.6 Å². The Morgan fingerprint density at radius 3 is 2.91 bits per heavy atom. The fourth-order valence-corrected chi connectivity index (χ4v) is 4.08. The Bertz CT molecular complexity index is 658. The second-order valence-corrected chi connectivity index (χ2v) is 6.31. The summed E-state index contributed by atoms with van der Waals surface area (Å²) in [5, 5.41) is 0. The molecule has 1 aliphatic carbocycles. The molecule has 1 saturated heterocycles. The van der Waals surface area contributed by atoms with Crippen molar-refractivity contribution in [1.82, 2.24) is 4.90 Å². The van der Waals surface area contributed by atoms with Crippen LogP contribution in [0.15, 0.2) is 30.3 Å². The van der Waals surface area contributed by atoms with E-state index >= 15 is 0 Å². The van der Waals surface area contributed by atoms with Gasteiger partial charge in [-0.1, -0.05) is 36.3 Å². The van der Waals surface area contributed by atoms with E-state index in [-0.39, 0.29) is 5.41 Å². The molecule has 1 heterocycles. The number of rotatable bonds is 2. The Morgan fingerprint density at radius 1 is 1.39 bits per heavy atom. The predicted molar refractivity (Wildman–Crippen MR) is 86.7 cm³/mol. The highest BCUT2D eigenvalue weighted by Gasteiger charge is 2.51. The summed E-state index contributed by atoms with van der Waals surface area (Å²) in [4.78, 5) is 25.6. The predicted octanol–water partition coefficient (Wildman–Crippen LogP) is 1.93. The highest BCUT2D eigenvalue weighted by atomic mass is 16.5. The number of nitrogens with zero attached hydrogens (tertiary/aromatic N) is 1. The van der Waals surface area contributed by atoms with Gasteiger partial charge in [-0.05, 0) is 18.4 Å². The number of esters is 1. The first kappa shape index (κ1) is 15.8. The maximum Gasteiger partial charge on any atom is 0.384 e. The number of ether oxygens (including phenoxy) is 1. The molecule has 2 fully saturated rings. The average Bonchev–Trinajstić information content (AvgIpc) is 2.94. The lowest BCUT2D eigenvalue weighted by atomic mass is 9.66. The number of carbonyl (C=O) groups excluding carboxylic acids is 2. The van der Waals surface area contributed by atoms with E-state index in [4.69, 9.17) is 0 Å². The summed E-state index contributed by atoms with van der Waals surface area (Å²) >= 11 is 0. The minimum Gasteiger partial charge on any atom is -0.459 e. The van der Waals surface area contributed by atoms with E-state index in [1.807, 2.05) is 18.2 Å². The zero-order chi connectivity index (χ0) is 16.3. The number of methoxy groups -OCH3 is 1. The van der Waals surface area contributed by atoms with Crippen LogP contribution in [0.4, 0.5) is 0 Å². The zero-order valence-electron chi connectivity index (χ0n) is 13.4. The van der Waals surface area contributed by atoms with Gasteiger partial charge >= 0.3 is 5.97 Å². The van der Waals surface area contributed by atoms with E-state index in [9.17, 15) is 9.59 Å². The molecule has 1 aromatic rings. The van der Waals surface area contributed by atoms with E-state index in [0.29, 0.717) is 31.2 Å². The minimum absolute atomic E-state index is 0.0937. The first-order valence-electron chi connectivity index (χ1n) is 8.04. The van der Waals surface area contributed by atoms with Crippen molar-refractivity contribution in [2.24, 2.45) is 0 Å². The normalized spacial score (nSPS) is 27.0. The highest BCUT2D eigenvalue weighted by Crippen LogP contribution is 2.47. The molecular formula is C19H21NO3. The van der Waals surface area contributed by atoms with Crippen molar-refractivity contribution in [3.05, 3.63) is 35.9 Å². The third kappa shape index (κ3) is 3.02. The van der Waals surface area contributed by atoms with Gasteiger partial charge in [0.05, 0.1) is 13.7 Å². The maximum absolute atomic E-state index is 12.1. The highest BCUT2D eigenvalue weighted by molar-refractivity contribution is 5.88. The molecule has 2 atom stereocenters. The van der Waals surface area contributed by atoms with Gasteiger partial charge in [-0.25, -0.2) is 4.79 Å². The number of hydrogen-bond acceptors (Lipinski definition) is 4. The summed E-state index contributed by atoms with van der Waals surface area (Å²) in [6.45, 7) is 1.45. The number of hydrogen-bond donors (Lipinski definition) is 0. The summed E-state index contributed by atoms with van der Waals surface area (Å²) in [5.74, 6) is 5.26. The van der Waals surface area contributed by atoms with Gasteiger partial charge in [0.2, 0.25) is 0 Å². The SMILES string of the molecule is COC(=O)C#CCN1CC[C@]2(c3ccccc3)CC(=O)CC[C@H]12. The van der Waals surface area contributed by atoms with Crippen LogP contribution in [0.1, 0.15) is 31.2 Å². The molecule has 4 nitrogen and oxygen atoms in total. The number of likely N-dealkylation sites (tertiary alicyclic amines) is 1. The summed E-state index contributed by atoms with van der Waals surface area (Å²) < 4.78 is 4.55. The first-order chi connectivity index (χ1) is 11.2. The van der Waals surface area contributed by atoms with Crippen molar-refractivity contribution in [3.8, 4) is 11.8 Å². The molecule has 2 aliphatic rings. The molecule has 1 aromatic carbocycles. The lowest BCUT2D eigenvalue weighted by Gasteiger charge is -2.41. The fourth-order valence-electron chi connectivity index (χ4n) is 4.08. The van der Waals surface area contributed by atoms with Crippen LogP contribution in [-0.2, 0) is 19.7 Å². The Morgan fingerprint density at radius 2 is 2.17 bits per heavy atom. The summed E-state index contributed by atoms with van der Waals surface area (Å²) in [6.07, 6.45) is 3.09. The van der Waals surface area contributed by atoms with Gasteiger partial charge in [-0.2, -0.15) is 0 Å². The van der Waals surface area contributed by atoms with Crippen LogP contribution in [0.2, 0.25) is 0 Å². The molecule has 23 heavy (non-hydrogen) atoms. The molecule has 1 aliphatic heterocycles. The Kier molecular flexibility index (Phi) is 4.49. The number of Topliss-reactive ketones (excluding diaryl/α,β-unsaturated/α-hetero) is 1. The van der Waals surface area contributed by atoms with Gasteiger partial charge in [0.25, 0.3) is 0 Å². The third-order valence-electron chi connectivity index (χ3n) is 5.14. The van der Waals surface area contributed by atoms with Gasteiger partial charge in [0, 0.05) is 36.8 Å². The molecular weight excluding hydrogens is 290 g/mol. The van der Waals surface area contributed by atoms with Gasteiger partial charge < -0.3 is 4.74 Å². The van der Waals surface area contributed by atoms with Crippen LogP contribution in [0.3, 0.4) is 0 Å². The number of fused-ring (bicyclic) bond motifs is 1. The second kappa shape index (κ2) is 6.55. The van der Waals surface area contributed by atoms with Crippen molar-refractivity contribution in [3.63, 3.8) is 0 Å². The maximum atomic E-state index is 12.1. The number of benzene rings is 1. The molecule has 0 unspecified atom stereocenters. The first-order valence-corrected chi connectivity index (χ1v) is 8.04. The van der Waals surface area contributed by atoms with Crippen molar-refractivity contribution >= 4 is 11.8 Å². The molecule has 120 valence electrons. The van der Waals surface area contributed by atoms with Crippen LogP contribution in [0, 0.1) is 11.8 Å². The Labute approximate surface area is 136 Å². The van der Waals surface area contributed by atoms with Crippen molar-refractivity contribution in [2.75, 3.05) is 20.2 Å². The Hall–Kier alpha value is -2.12. The summed E-state index contributed by atoms with van der Waals surface area (Å²) in [5.41, 5.74) is 1.16. The molecule has 0 amide bonds. The number of ketones is 1. The fraction of sp³-hybridized carbons (Fsp3) is 0.474. The molecule has 0 N–H and O–H groups in total. The van der Waals surface area contributed by atoms with Gasteiger partial charge in [-0.15, -0.1) is 0 Å². The summed E-state index contributed by atoms with van der Waals surface area (Å²) in [7, 11) is 1.33. The molecule has 1 saturated carbocycles. The smallest absolute Gasteiger partial charge is 0.384 e. The molecule has 0 bridgehead atoms. The lowest BCUT2D eigenvalue weighted by molar-refractivity contribution is -0.133. The van der Waals surface area contributed by atoms with Gasteiger partial charge in [0.1, 0.15) is 5.78 Å². The molecule has 0 aromatic heterocycles. The van der Waals surface area contributed by atoms with E-state index < -0.39 is 5.97 Å². The van der Waals surface area contributed by atoms with Gasteiger partial charge in [0.15, 0.2) is 0 Å². The standard InChI is InChI=1S/C19H21NO3/c1-23-18(22)8-5-12-20-13-11-19(15-6-3-2-4-7-15)14-16(21)9-10-17(19)20/h2-4,6-7,17H,9-14H2,1H3/t17-,19+/m0/s1. The molecule has 3 rings (SSSR count). The van der Waals surface area contributed by atoms with Crippen LogP contribution in [0.25, 0.3) is 0 Å². The minimum atomic E-state index is -0.502. The monoisotopic (exact) mass is 311 g/mol. The van der Waals surface area contributed by atoms with E-state index in [0.717, 1.165) is 19.4 Å². The van der Waals surface area contributed by atoms with Crippen LogP contribution in [-0.4, -0.2) is 42.9 Å². The van der Waals surface area contributed by atoms with Crippen LogP contribution in [0.5, 0.6) is 0 Å². The van der Waals surface area contributed by atoms with E-state index in [1.165, 1.54) is 12.7 Å². The van der Waals surface area contributed by atoms with E-state index in [1.54, 1.807) is 0 Å². The van der Waals surface area contributed by atoms with Crippen molar-refractivity contribution in [2.45, 2.75) is 37.1 Å². The second-order valence-electron chi connectivity index (χ2n) is 6.31. The molecule has 0 radical (unpaired) electrons. The van der Waals surface area contributed by atoms with E-state index in [2.05, 4.69) is 33.6 Å².